The second kappa shape index (κ2) is 10.1. The molecule has 3 aromatic rings. The van der Waals surface area contributed by atoms with Crippen LogP contribution in [0.1, 0.15) is 36.5 Å². The predicted molar refractivity (Wildman–Crippen MR) is 111 cm³/mol. The highest BCUT2D eigenvalue weighted by Gasteiger charge is 2.19. The van der Waals surface area contributed by atoms with E-state index in [1.165, 1.54) is 19.1 Å². The lowest BCUT2D eigenvalue weighted by Crippen LogP contribution is -2.20. The molecule has 162 valence electrons. The Bertz CT molecular complexity index is 1080. The number of nitro groups is 1. The van der Waals surface area contributed by atoms with E-state index in [1.54, 1.807) is 24.3 Å². The average Bonchev–Trinajstić information content (AvgIpc) is 3.23. The Balaban J connectivity index is 1.52. The van der Waals surface area contributed by atoms with E-state index in [9.17, 15) is 19.7 Å². The van der Waals surface area contributed by atoms with Gasteiger partial charge in [-0.3, -0.25) is 14.9 Å². The number of aromatic nitrogens is 2. The van der Waals surface area contributed by atoms with Crippen LogP contribution >= 0.6 is 0 Å². The third kappa shape index (κ3) is 5.75. The summed E-state index contributed by atoms with van der Waals surface area (Å²) in [5.74, 6) is -0.480. The summed E-state index contributed by atoms with van der Waals surface area (Å²) in [6, 6.07) is 9.43. The number of carbonyl (C=O) groups excluding carboxylic acids is 2. The summed E-state index contributed by atoms with van der Waals surface area (Å²) in [4.78, 5) is 33.4. The summed E-state index contributed by atoms with van der Waals surface area (Å²) in [6.45, 7) is 2.39. The highest BCUT2D eigenvalue weighted by atomic mass is 16.6. The number of anilines is 2. The van der Waals surface area contributed by atoms with Crippen molar-refractivity contribution in [1.29, 1.82) is 0 Å². The maximum atomic E-state index is 12.1. The van der Waals surface area contributed by atoms with Crippen molar-refractivity contribution in [2.45, 2.75) is 26.2 Å². The lowest BCUT2D eigenvalue weighted by molar-refractivity contribution is -0.383. The number of non-ortho nitro benzene ring substituents is 1. The first-order valence-corrected chi connectivity index (χ1v) is 9.64. The summed E-state index contributed by atoms with van der Waals surface area (Å²) in [6.07, 6.45) is 2.39. The molecule has 0 aliphatic carbocycles. The number of ether oxygens (including phenoxy) is 1. The molecule has 2 aromatic carbocycles. The van der Waals surface area contributed by atoms with Gasteiger partial charge in [-0.2, -0.15) is 0 Å². The number of nitrogens with zero attached hydrogens (tertiary/aromatic N) is 3. The fourth-order valence-electron chi connectivity index (χ4n) is 2.86. The first kappa shape index (κ1) is 21.7. The number of rotatable bonds is 10. The van der Waals surface area contributed by atoms with E-state index in [1.807, 2.05) is 0 Å². The van der Waals surface area contributed by atoms with Gasteiger partial charge >= 0.3 is 11.7 Å². The SMILES string of the molecule is CC(=O)NCCCCCOC(=O)c1ccc(Nc2ccc([N+](=O)[O-])c3nonc23)cc1. The number of esters is 1. The number of unbranched alkanes of at least 4 members (excludes halogenated alkanes) is 2. The Morgan fingerprint density at radius 1 is 1.06 bits per heavy atom. The summed E-state index contributed by atoms with van der Waals surface area (Å²) >= 11 is 0. The first-order valence-electron chi connectivity index (χ1n) is 9.64. The quantitative estimate of drug-likeness (QED) is 0.215. The van der Waals surface area contributed by atoms with Crippen LogP contribution in [0.15, 0.2) is 41.0 Å². The molecule has 11 nitrogen and oxygen atoms in total. The Morgan fingerprint density at radius 3 is 2.52 bits per heavy atom. The van der Waals surface area contributed by atoms with Crippen molar-refractivity contribution < 1.29 is 23.9 Å². The number of hydrogen-bond donors (Lipinski definition) is 2. The van der Waals surface area contributed by atoms with Gasteiger partial charge in [0.15, 0.2) is 5.52 Å². The van der Waals surface area contributed by atoms with Crippen LogP contribution in [0, 0.1) is 10.1 Å². The first-order chi connectivity index (χ1) is 15.0. The Hall–Kier alpha value is -4.02. The topological polar surface area (TPSA) is 149 Å². The zero-order valence-corrected chi connectivity index (χ0v) is 16.8. The van der Waals surface area contributed by atoms with Crippen LogP contribution in [-0.4, -0.2) is 40.3 Å². The second-order valence-corrected chi connectivity index (χ2v) is 6.73. The Morgan fingerprint density at radius 2 is 1.81 bits per heavy atom. The van der Waals surface area contributed by atoms with Crippen LogP contribution in [0.4, 0.5) is 17.1 Å². The van der Waals surface area contributed by atoms with Gasteiger partial charge in [0.25, 0.3) is 0 Å². The van der Waals surface area contributed by atoms with Crippen LogP contribution in [0.5, 0.6) is 0 Å². The van der Waals surface area contributed by atoms with E-state index in [2.05, 4.69) is 25.6 Å². The molecule has 1 aromatic heterocycles. The Kier molecular flexibility index (Phi) is 7.09. The largest absolute Gasteiger partial charge is 0.462 e. The van der Waals surface area contributed by atoms with E-state index in [0.717, 1.165) is 12.8 Å². The van der Waals surface area contributed by atoms with Gasteiger partial charge in [-0.25, -0.2) is 9.42 Å². The second-order valence-electron chi connectivity index (χ2n) is 6.73. The predicted octanol–water partition coefficient (Wildman–Crippen LogP) is 3.34. The summed E-state index contributed by atoms with van der Waals surface area (Å²) in [5, 5.41) is 24.2. The maximum Gasteiger partial charge on any atom is 0.338 e. The van der Waals surface area contributed by atoms with Gasteiger partial charge in [-0.15, -0.1) is 0 Å². The van der Waals surface area contributed by atoms with Crippen molar-refractivity contribution in [3.8, 4) is 0 Å². The minimum Gasteiger partial charge on any atom is -0.462 e. The number of fused-ring (bicyclic) bond motifs is 1. The monoisotopic (exact) mass is 427 g/mol. The molecule has 0 atom stereocenters. The zero-order valence-electron chi connectivity index (χ0n) is 16.8. The molecular weight excluding hydrogens is 406 g/mol. The molecule has 11 heteroatoms. The number of amides is 1. The molecule has 3 rings (SSSR count). The third-order valence-corrected chi connectivity index (χ3v) is 4.42. The fraction of sp³-hybridized carbons (Fsp3) is 0.300. The fourth-order valence-corrected chi connectivity index (χ4v) is 2.86. The smallest absolute Gasteiger partial charge is 0.338 e. The molecule has 2 N–H and O–H groups in total. The molecular formula is C20H21N5O6. The number of hydrogen-bond acceptors (Lipinski definition) is 9. The van der Waals surface area contributed by atoms with Gasteiger partial charge in [0.05, 0.1) is 22.8 Å². The molecule has 0 unspecified atom stereocenters. The molecule has 0 bridgehead atoms. The van der Waals surface area contributed by atoms with Gasteiger partial charge in [-0.1, -0.05) is 0 Å². The van der Waals surface area contributed by atoms with Crippen LogP contribution in [0.25, 0.3) is 11.0 Å². The number of benzene rings is 2. The van der Waals surface area contributed by atoms with Crippen LogP contribution < -0.4 is 10.6 Å². The molecule has 0 saturated carbocycles. The Labute approximate surface area is 176 Å². The van der Waals surface area contributed by atoms with Crippen LogP contribution in [-0.2, 0) is 9.53 Å². The van der Waals surface area contributed by atoms with E-state index < -0.39 is 10.9 Å². The van der Waals surface area contributed by atoms with Gasteiger partial charge in [0.2, 0.25) is 11.4 Å². The molecule has 0 aliphatic rings. The molecule has 1 amide bonds. The lowest BCUT2D eigenvalue weighted by Gasteiger charge is -2.08. The van der Waals surface area contributed by atoms with E-state index >= 15 is 0 Å². The van der Waals surface area contributed by atoms with Gasteiger partial charge in [0.1, 0.15) is 0 Å². The third-order valence-electron chi connectivity index (χ3n) is 4.42. The standard InChI is InChI=1S/C20H21N5O6/c1-13(26)21-11-3-2-4-12-30-20(27)14-5-7-15(8-6-14)22-16-9-10-17(25(28)29)19-18(16)23-31-24-19/h5-10,22H,2-4,11-12H2,1H3,(H,21,26). The molecule has 0 fully saturated rings. The molecule has 0 saturated heterocycles. The summed E-state index contributed by atoms with van der Waals surface area (Å²) in [5.41, 5.74) is 1.61. The van der Waals surface area contributed by atoms with E-state index in [4.69, 9.17) is 4.74 Å². The van der Waals surface area contributed by atoms with Gasteiger partial charge < -0.3 is 15.4 Å². The molecule has 1 heterocycles. The molecule has 0 spiro atoms. The molecule has 31 heavy (non-hydrogen) atoms. The minimum absolute atomic E-state index is 0.0484. The van der Waals surface area contributed by atoms with Gasteiger partial charge in [0, 0.05) is 25.2 Å². The highest BCUT2D eigenvalue weighted by molar-refractivity contribution is 5.95. The summed E-state index contributed by atoms with van der Waals surface area (Å²) in [7, 11) is 0. The van der Waals surface area contributed by atoms with Crippen LogP contribution in [0.2, 0.25) is 0 Å². The number of carbonyl (C=O) groups is 2. The lowest BCUT2D eigenvalue weighted by atomic mass is 10.2. The van der Waals surface area contributed by atoms with Gasteiger partial charge in [-0.05, 0) is 59.9 Å². The highest BCUT2D eigenvalue weighted by Crippen LogP contribution is 2.30. The van der Waals surface area contributed by atoms with Crippen molar-refractivity contribution >= 4 is 40.0 Å². The minimum atomic E-state index is -0.556. The van der Waals surface area contributed by atoms with Crippen molar-refractivity contribution in [1.82, 2.24) is 15.6 Å². The van der Waals surface area contributed by atoms with Crippen molar-refractivity contribution in [2.75, 3.05) is 18.5 Å². The normalized spacial score (nSPS) is 10.6. The number of nitrogens with one attached hydrogen (secondary N) is 2. The van der Waals surface area contributed by atoms with Crippen molar-refractivity contribution in [3.05, 3.63) is 52.1 Å². The van der Waals surface area contributed by atoms with Crippen LogP contribution in [0.3, 0.4) is 0 Å². The molecule has 0 radical (unpaired) electrons. The summed E-state index contributed by atoms with van der Waals surface area (Å²) < 4.78 is 9.89. The number of nitro benzene ring substituents is 1. The van der Waals surface area contributed by atoms with E-state index in [0.29, 0.717) is 36.5 Å². The maximum absolute atomic E-state index is 12.1. The molecule has 0 aliphatic heterocycles. The average molecular weight is 427 g/mol. The van der Waals surface area contributed by atoms with E-state index in [-0.39, 0.29) is 22.6 Å². The zero-order chi connectivity index (χ0) is 22.2. The van der Waals surface area contributed by atoms with Crippen molar-refractivity contribution in [2.24, 2.45) is 0 Å². The van der Waals surface area contributed by atoms with Crippen molar-refractivity contribution in [3.63, 3.8) is 0 Å².